The molecule has 90 valence electrons. The van der Waals surface area contributed by atoms with Gasteiger partial charge in [-0.25, -0.2) is 0 Å². The Bertz CT molecular complexity index is 442. The van der Waals surface area contributed by atoms with Gasteiger partial charge in [-0.3, -0.25) is 4.79 Å². The van der Waals surface area contributed by atoms with Crippen molar-refractivity contribution in [3.05, 3.63) is 29.8 Å². The van der Waals surface area contributed by atoms with E-state index in [2.05, 4.69) is 4.99 Å². The van der Waals surface area contributed by atoms with E-state index < -0.39 is 0 Å². The molecule has 1 aliphatic heterocycles. The first kappa shape index (κ1) is 12.0. The lowest BCUT2D eigenvalue weighted by atomic mass is 10.1. The van der Waals surface area contributed by atoms with Gasteiger partial charge in [0.15, 0.2) is 5.17 Å². The van der Waals surface area contributed by atoms with Crippen LogP contribution in [0.2, 0.25) is 0 Å². The predicted molar refractivity (Wildman–Crippen MR) is 69.3 cm³/mol. The van der Waals surface area contributed by atoms with Crippen molar-refractivity contribution in [3.63, 3.8) is 0 Å². The fourth-order valence-electron chi connectivity index (χ4n) is 1.63. The Morgan fingerprint density at radius 1 is 1.41 bits per heavy atom. The number of aliphatic imine (C=N–C) groups is 1. The van der Waals surface area contributed by atoms with Crippen molar-refractivity contribution in [1.29, 1.82) is 0 Å². The van der Waals surface area contributed by atoms with Gasteiger partial charge in [0.2, 0.25) is 0 Å². The van der Waals surface area contributed by atoms with E-state index in [0.29, 0.717) is 18.2 Å². The van der Waals surface area contributed by atoms with Crippen LogP contribution in [0.3, 0.4) is 0 Å². The lowest BCUT2D eigenvalue weighted by Gasteiger charge is -2.07. The highest BCUT2D eigenvalue weighted by atomic mass is 32.2. The van der Waals surface area contributed by atoms with E-state index >= 15 is 0 Å². The molecule has 0 unspecified atom stereocenters. The summed E-state index contributed by atoms with van der Waals surface area (Å²) in [5, 5.41) is 0.193. The standard InChI is InChI=1S/C12H14N2O2S/c1-2-16-9-5-3-8(4-6-9)7-10-11(15)14-12(13)17-10/h3-6,10H,2,7H2,1H3,(H2,13,14,15)/t10-/m1/s1. The molecule has 1 aromatic carbocycles. The average Bonchev–Trinajstić information content (AvgIpc) is 2.61. The minimum absolute atomic E-state index is 0.138. The van der Waals surface area contributed by atoms with E-state index in [9.17, 15) is 4.79 Å². The molecule has 0 aromatic heterocycles. The Kier molecular flexibility index (Phi) is 3.68. The molecule has 0 saturated carbocycles. The van der Waals surface area contributed by atoms with Crippen molar-refractivity contribution in [3.8, 4) is 5.75 Å². The maximum Gasteiger partial charge on any atom is 0.261 e. The zero-order valence-electron chi connectivity index (χ0n) is 9.55. The average molecular weight is 250 g/mol. The van der Waals surface area contributed by atoms with Gasteiger partial charge in [0.1, 0.15) is 5.75 Å². The topological polar surface area (TPSA) is 64.7 Å². The van der Waals surface area contributed by atoms with Gasteiger partial charge in [-0.1, -0.05) is 23.9 Å². The van der Waals surface area contributed by atoms with E-state index in [-0.39, 0.29) is 11.2 Å². The zero-order valence-corrected chi connectivity index (χ0v) is 10.4. The van der Waals surface area contributed by atoms with Crippen molar-refractivity contribution in [2.24, 2.45) is 10.7 Å². The van der Waals surface area contributed by atoms with Crippen molar-refractivity contribution in [1.82, 2.24) is 0 Å². The molecule has 5 heteroatoms. The van der Waals surface area contributed by atoms with Crippen molar-refractivity contribution in [2.45, 2.75) is 18.6 Å². The van der Waals surface area contributed by atoms with E-state index in [4.69, 9.17) is 10.5 Å². The molecule has 4 nitrogen and oxygen atoms in total. The van der Waals surface area contributed by atoms with Gasteiger partial charge in [0, 0.05) is 0 Å². The second kappa shape index (κ2) is 5.23. The second-order valence-corrected chi connectivity index (χ2v) is 4.90. The number of nitrogens with two attached hydrogens (primary N) is 1. The van der Waals surface area contributed by atoms with Crippen LogP contribution in [0.4, 0.5) is 0 Å². The maximum atomic E-state index is 11.4. The van der Waals surface area contributed by atoms with Gasteiger partial charge in [-0.05, 0) is 31.0 Å². The van der Waals surface area contributed by atoms with E-state index in [0.717, 1.165) is 11.3 Å². The number of rotatable bonds is 4. The first-order valence-electron chi connectivity index (χ1n) is 5.45. The summed E-state index contributed by atoms with van der Waals surface area (Å²) in [5.41, 5.74) is 6.59. The smallest absolute Gasteiger partial charge is 0.261 e. The van der Waals surface area contributed by atoms with Crippen LogP contribution in [0.5, 0.6) is 5.75 Å². The van der Waals surface area contributed by atoms with Crippen LogP contribution in [0.1, 0.15) is 12.5 Å². The molecular formula is C12H14N2O2S. The van der Waals surface area contributed by atoms with Gasteiger partial charge in [-0.15, -0.1) is 0 Å². The van der Waals surface area contributed by atoms with E-state index in [1.54, 1.807) is 0 Å². The van der Waals surface area contributed by atoms with Crippen LogP contribution in [0.15, 0.2) is 29.3 Å². The fraction of sp³-hybridized carbons (Fsp3) is 0.333. The number of hydrogen-bond donors (Lipinski definition) is 1. The number of nitrogens with zero attached hydrogens (tertiary/aromatic N) is 1. The number of carbonyl (C=O) groups excluding carboxylic acids is 1. The molecular weight excluding hydrogens is 236 g/mol. The molecule has 17 heavy (non-hydrogen) atoms. The quantitative estimate of drug-likeness (QED) is 0.881. The van der Waals surface area contributed by atoms with Gasteiger partial charge < -0.3 is 10.5 Å². The van der Waals surface area contributed by atoms with Crippen LogP contribution in [0.25, 0.3) is 0 Å². The summed E-state index contributed by atoms with van der Waals surface area (Å²) in [6.45, 7) is 2.60. The molecule has 1 aliphatic rings. The molecule has 1 heterocycles. The Hall–Kier alpha value is -1.49. The molecule has 0 spiro atoms. The van der Waals surface area contributed by atoms with Crippen LogP contribution in [-0.2, 0) is 11.2 Å². The lowest BCUT2D eigenvalue weighted by Crippen LogP contribution is -2.14. The third kappa shape index (κ3) is 3.00. The van der Waals surface area contributed by atoms with Crippen LogP contribution in [0, 0.1) is 0 Å². The van der Waals surface area contributed by atoms with Crippen molar-refractivity contribution >= 4 is 22.8 Å². The molecule has 1 atom stereocenters. The fourth-order valence-corrected chi connectivity index (χ4v) is 2.50. The lowest BCUT2D eigenvalue weighted by molar-refractivity contribution is -0.117. The summed E-state index contributed by atoms with van der Waals surface area (Å²) in [7, 11) is 0. The number of benzene rings is 1. The third-order valence-electron chi connectivity index (χ3n) is 2.41. The molecule has 1 aromatic rings. The van der Waals surface area contributed by atoms with Crippen LogP contribution >= 0.6 is 11.8 Å². The number of amidine groups is 1. The highest BCUT2D eigenvalue weighted by Gasteiger charge is 2.26. The third-order valence-corrected chi connectivity index (χ3v) is 3.40. The minimum atomic E-state index is -0.173. The summed E-state index contributed by atoms with van der Waals surface area (Å²) in [6, 6.07) is 7.75. The minimum Gasteiger partial charge on any atom is -0.494 e. The summed E-state index contributed by atoms with van der Waals surface area (Å²) in [6.07, 6.45) is 0.653. The maximum absolute atomic E-state index is 11.4. The molecule has 1 amide bonds. The Morgan fingerprint density at radius 3 is 2.65 bits per heavy atom. The van der Waals surface area contributed by atoms with E-state index in [1.165, 1.54) is 11.8 Å². The normalized spacial score (nSPS) is 19.2. The van der Waals surface area contributed by atoms with Crippen molar-refractivity contribution < 1.29 is 9.53 Å². The molecule has 2 rings (SSSR count). The highest BCUT2D eigenvalue weighted by molar-refractivity contribution is 8.15. The summed E-state index contributed by atoms with van der Waals surface area (Å²) < 4.78 is 5.35. The SMILES string of the molecule is CCOc1ccc(C[C@H]2SC(N)=NC2=O)cc1. The Morgan fingerprint density at radius 2 is 2.12 bits per heavy atom. The van der Waals surface area contributed by atoms with Crippen LogP contribution < -0.4 is 10.5 Å². The van der Waals surface area contributed by atoms with Gasteiger partial charge >= 0.3 is 0 Å². The first-order valence-corrected chi connectivity index (χ1v) is 6.33. The van der Waals surface area contributed by atoms with Gasteiger partial charge in [-0.2, -0.15) is 4.99 Å². The summed E-state index contributed by atoms with van der Waals surface area (Å²) >= 11 is 1.33. The summed E-state index contributed by atoms with van der Waals surface area (Å²) in [5.74, 6) is 0.707. The molecule has 2 N–H and O–H groups in total. The van der Waals surface area contributed by atoms with E-state index in [1.807, 2.05) is 31.2 Å². The Labute approximate surface area is 104 Å². The molecule has 0 fully saturated rings. The number of thioether (sulfide) groups is 1. The predicted octanol–water partition coefficient (Wildman–Crippen LogP) is 1.58. The zero-order chi connectivity index (χ0) is 12.3. The molecule has 0 saturated heterocycles. The first-order chi connectivity index (χ1) is 8.19. The van der Waals surface area contributed by atoms with Crippen LogP contribution in [-0.4, -0.2) is 22.9 Å². The van der Waals surface area contributed by atoms with Crippen molar-refractivity contribution in [2.75, 3.05) is 6.61 Å². The summed E-state index contributed by atoms with van der Waals surface area (Å²) in [4.78, 5) is 15.2. The largest absolute Gasteiger partial charge is 0.494 e. The number of ether oxygens (including phenoxy) is 1. The highest BCUT2D eigenvalue weighted by Crippen LogP contribution is 2.24. The van der Waals surface area contributed by atoms with Gasteiger partial charge in [0.25, 0.3) is 5.91 Å². The molecule has 0 radical (unpaired) electrons. The Balaban J connectivity index is 1.98. The number of amides is 1. The second-order valence-electron chi connectivity index (χ2n) is 3.68. The number of carbonyl (C=O) groups is 1. The molecule has 0 aliphatic carbocycles. The monoisotopic (exact) mass is 250 g/mol. The van der Waals surface area contributed by atoms with Gasteiger partial charge in [0.05, 0.1) is 11.9 Å². The molecule has 0 bridgehead atoms. The number of hydrogen-bond acceptors (Lipinski definition) is 4.